The molecule has 2 rings (SSSR count). The fourth-order valence-corrected chi connectivity index (χ4v) is 3.57. The van der Waals surface area contributed by atoms with Gasteiger partial charge in [-0.05, 0) is 34.0 Å². The van der Waals surface area contributed by atoms with Crippen LogP contribution in [0.2, 0.25) is 0 Å². The van der Waals surface area contributed by atoms with Gasteiger partial charge in [0.25, 0.3) is 0 Å². The molecule has 1 aliphatic heterocycles. The van der Waals surface area contributed by atoms with Crippen LogP contribution in [0.25, 0.3) is 0 Å². The highest BCUT2D eigenvalue weighted by Crippen LogP contribution is 2.37. The molecule has 1 fully saturated rings. The zero-order valence-electron chi connectivity index (χ0n) is 10.9. The zero-order valence-corrected chi connectivity index (χ0v) is 13.3. The highest BCUT2D eigenvalue weighted by Gasteiger charge is 2.33. The summed E-state index contributed by atoms with van der Waals surface area (Å²) in [6, 6.07) is 2.49. The van der Waals surface area contributed by atoms with Crippen molar-refractivity contribution < 1.29 is 14.0 Å². The van der Waals surface area contributed by atoms with Gasteiger partial charge in [0.1, 0.15) is 5.82 Å². The first-order valence-corrected chi connectivity index (χ1v) is 7.84. The number of carbonyl (C=O) groups is 2. The molecule has 0 aromatic heterocycles. The molecule has 1 saturated heterocycles. The Bertz CT molecular complexity index is 544. The molecule has 0 aliphatic carbocycles. The molecule has 1 heterocycles. The summed E-state index contributed by atoms with van der Waals surface area (Å²) in [6.45, 7) is 2.00. The largest absolute Gasteiger partial charge is 0.397 e. The van der Waals surface area contributed by atoms with Crippen LogP contribution in [0.5, 0.6) is 0 Å². The molecule has 0 radical (unpaired) electrons. The second-order valence-electron chi connectivity index (χ2n) is 4.70. The van der Waals surface area contributed by atoms with E-state index in [9.17, 15) is 14.0 Å². The summed E-state index contributed by atoms with van der Waals surface area (Å²) in [6.07, 6.45) is 0.379. The summed E-state index contributed by atoms with van der Waals surface area (Å²) in [5.74, 6) is 0.204. The fraction of sp³-hybridized carbons (Fsp3) is 0.385. The van der Waals surface area contributed by atoms with Crippen LogP contribution >= 0.6 is 27.7 Å². The Kier molecular flexibility index (Phi) is 4.70. The molecule has 4 nitrogen and oxygen atoms in total. The maximum atomic E-state index is 13.2. The number of anilines is 2. The van der Waals surface area contributed by atoms with Crippen LogP contribution in [0.1, 0.15) is 13.3 Å². The van der Waals surface area contributed by atoms with E-state index in [0.717, 1.165) is 0 Å². The first-order chi connectivity index (χ1) is 9.38. The van der Waals surface area contributed by atoms with Gasteiger partial charge in [0.2, 0.25) is 5.91 Å². The molecule has 2 N–H and O–H groups in total. The number of amides is 1. The molecule has 108 valence electrons. The van der Waals surface area contributed by atoms with Gasteiger partial charge in [-0.2, -0.15) is 0 Å². The Morgan fingerprint density at radius 1 is 1.60 bits per heavy atom. The standard InChI is InChI=1S/C13H14BrFN2O2S/c1-7(18)20-6-8-2-12(19)17(5-8)13-10(14)3-9(15)4-11(13)16/h3-4,8H,2,5-6,16H2,1H3. The summed E-state index contributed by atoms with van der Waals surface area (Å²) >= 11 is 4.46. The smallest absolute Gasteiger partial charge is 0.227 e. The molecule has 1 atom stereocenters. The number of hydrogen-bond donors (Lipinski definition) is 1. The van der Waals surface area contributed by atoms with E-state index < -0.39 is 5.82 Å². The molecular weight excluding hydrogens is 347 g/mol. The predicted octanol–water partition coefficient (Wildman–Crippen LogP) is 2.80. The van der Waals surface area contributed by atoms with Crippen LogP contribution in [0.15, 0.2) is 16.6 Å². The number of halogens is 2. The van der Waals surface area contributed by atoms with Crippen molar-refractivity contribution in [2.45, 2.75) is 13.3 Å². The van der Waals surface area contributed by atoms with Crippen LogP contribution in [-0.4, -0.2) is 23.3 Å². The molecule has 1 unspecified atom stereocenters. The van der Waals surface area contributed by atoms with Crippen LogP contribution in [0, 0.1) is 11.7 Å². The van der Waals surface area contributed by atoms with Gasteiger partial charge in [0.15, 0.2) is 5.12 Å². The zero-order chi connectivity index (χ0) is 14.9. The average molecular weight is 361 g/mol. The van der Waals surface area contributed by atoms with E-state index in [1.54, 1.807) is 4.90 Å². The third-order valence-electron chi connectivity index (χ3n) is 3.05. The van der Waals surface area contributed by atoms with Gasteiger partial charge in [0, 0.05) is 30.1 Å². The monoisotopic (exact) mass is 360 g/mol. The minimum atomic E-state index is -0.451. The summed E-state index contributed by atoms with van der Waals surface area (Å²) in [7, 11) is 0. The number of nitrogen functional groups attached to an aromatic ring is 1. The lowest BCUT2D eigenvalue weighted by Gasteiger charge is -2.20. The Morgan fingerprint density at radius 3 is 2.90 bits per heavy atom. The second kappa shape index (κ2) is 6.13. The summed E-state index contributed by atoms with van der Waals surface area (Å²) in [5, 5.41) is 0.0402. The number of hydrogen-bond acceptors (Lipinski definition) is 4. The van der Waals surface area contributed by atoms with Crippen molar-refractivity contribution in [2.24, 2.45) is 5.92 Å². The maximum absolute atomic E-state index is 13.2. The summed E-state index contributed by atoms with van der Waals surface area (Å²) < 4.78 is 13.7. The van der Waals surface area contributed by atoms with E-state index in [4.69, 9.17) is 5.73 Å². The van der Waals surface area contributed by atoms with Crippen molar-refractivity contribution in [1.82, 2.24) is 0 Å². The first-order valence-electron chi connectivity index (χ1n) is 6.06. The molecule has 1 aromatic rings. The Hall–Kier alpha value is -1.08. The van der Waals surface area contributed by atoms with Crippen molar-refractivity contribution in [2.75, 3.05) is 22.9 Å². The fourth-order valence-electron chi connectivity index (χ4n) is 2.22. The summed E-state index contributed by atoms with van der Waals surface area (Å²) in [4.78, 5) is 24.6. The predicted molar refractivity (Wildman–Crippen MR) is 82.1 cm³/mol. The van der Waals surface area contributed by atoms with E-state index in [2.05, 4.69) is 15.9 Å². The van der Waals surface area contributed by atoms with Crippen molar-refractivity contribution in [3.8, 4) is 0 Å². The normalized spacial score (nSPS) is 18.6. The Morgan fingerprint density at radius 2 is 2.30 bits per heavy atom. The highest BCUT2D eigenvalue weighted by molar-refractivity contribution is 9.10. The summed E-state index contributed by atoms with van der Waals surface area (Å²) in [5.41, 5.74) is 6.54. The number of carbonyl (C=O) groups excluding carboxylic acids is 2. The quantitative estimate of drug-likeness (QED) is 0.841. The number of thioether (sulfide) groups is 1. The molecule has 0 saturated carbocycles. The molecule has 1 aromatic carbocycles. The van der Waals surface area contributed by atoms with Crippen LogP contribution in [-0.2, 0) is 9.59 Å². The average Bonchev–Trinajstić information content (AvgIpc) is 2.67. The van der Waals surface area contributed by atoms with Crippen LogP contribution in [0.4, 0.5) is 15.8 Å². The van der Waals surface area contributed by atoms with Gasteiger partial charge in [-0.25, -0.2) is 4.39 Å². The number of rotatable bonds is 3. The van der Waals surface area contributed by atoms with Crippen LogP contribution in [0.3, 0.4) is 0 Å². The molecule has 0 bridgehead atoms. The van der Waals surface area contributed by atoms with E-state index in [1.165, 1.54) is 30.8 Å². The van der Waals surface area contributed by atoms with E-state index >= 15 is 0 Å². The van der Waals surface area contributed by atoms with Gasteiger partial charge in [0.05, 0.1) is 11.4 Å². The van der Waals surface area contributed by atoms with E-state index in [-0.39, 0.29) is 22.6 Å². The van der Waals surface area contributed by atoms with Gasteiger partial charge in [-0.3, -0.25) is 9.59 Å². The lowest BCUT2D eigenvalue weighted by atomic mass is 10.1. The molecule has 1 amide bonds. The molecule has 7 heteroatoms. The lowest BCUT2D eigenvalue weighted by Crippen LogP contribution is -2.26. The third-order valence-corrected chi connectivity index (χ3v) is 4.70. The van der Waals surface area contributed by atoms with Crippen molar-refractivity contribution in [1.29, 1.82) is 0 Å². The van der Waals surface area contributed by atoms with Crippen molar-refractivity contribution >= 4 is 50.1 Å². The Labute approximate surface area is 129 Å². The minimum absolute atomic E-state index is 0.0402. The second-order valence-corrected chi connectivity index (χ2v) is 6.75. The number of nitrogens with two attached hydrogens (primary N) is 1. The van der Waals surface area contributed by atoms with E-state index in [1.807, 2.05) is 0 Å². The first kappa shape index (κ1) is 15.3. The number of benzene rings is 1. The van der Waals surface area contributed by atoms with Gasteiger partial charge >= 0.3 is 0 Å². The maximum Gasteiger partial charge on any atom is 0.227 e. The van der Waals surface area contributed by atoms with E-state index in [0.29, 0.717) is 28.9 Å². The Balaban J connectivity index is 2.18. The third kappa shape index (κ3) is 3.32. The SMILES string of the molecule is CC(=O)SCC1CC(=O)N(c2c(N)cc(F)cc2Br)C1. The number of nitrogens with zero attached hydrogens (tertiary/aromatic N) is 1. The van der Waals surface area contributed by atoms with Gasteiger partial charge in [-0.1, -0.05) is 11.8 Å². The molecule has 20 heavy (non-hydrogen) atoms. The van der Waals surface area contributed by atoms with Gasteiger partial charge < -0.3 is 10.6 Å². The molecule has 0 spiro atoms. The lowest BCUT2D eigenvalue weighted by molar-refractivity contribution is -0.117. The molecular formula is C13H14BrFN2O2S. The van der Waals surface area contributed by atoms with Gasteiger partial charge in [-0.15, -0.1) is 0 Å². The molecule has 1 aliphatic rings. The minimum Gasteiger partial charge on any atom is -0.397 e. The van der Waals surface area contributed by atoms with Crippen molar-refractivity contribution in [3.05, 3.63) is 22.4 Å². The van der Waals surface area contributed by atoms with Crippen molar-refractivity contribution in [3.63, 3.8) is 0 Å². The highest BCUT2D eigenvalue weighted by atomic mass is 79.9. The van der Waals surface area contributed by atoms with Crippen LogP contribution < -0.4 is 10.6 Å². The topological polar surface area (TPSA) is 63.4 Å².